The van der Waals surface area contributed by atoms with E-state index in [4.69, 9.17) is 5.14 Å². The third kappa shape index (κ3) is 2.83. The Morgan fingerprint density at radius 2 is 2.27 bits per heavy atom. The second-order valence-corrected chi connectivity index (χ2v) is 4.68. The van der Waals surface area contributed by atoms with Crippen molar-refractivity contribution in [1.29, 1.82) is 0 Å². The highest BCUT2D eigenvalue weighted by atomic mass is 32.2. The summed E-state index contributed by atoms with van der Waals surface area (Å²) in [6.07, 6.45) is 0. The van der Waals surface area contributed by atoms with E-state index in [0.29, 0.717) is 0 Å². The van der Waals surface area contributed by atoms with Crippen LogP contribution >= 0.6 is 23.3 Å². The number of rotatable bonds is 3. The molecule has 1 aromatic heterocycles. The first-order valence-electron chi connectivity index (χ1n) is 3.32. The summed E-state index contributed by atoms with van der Waals surface area (Å²) in [7, 11) is 4.13. The third-order valence-electron chi connectivity index (χ3n) is 1.23. The average Bonchev–Trinajstić information content (AvgIpc) is 2.34. The number of nitrogens with zero attached hydrogens (tertiary/aromatic N) is 1. The molecule has 0 unspecified atom stereocenters. The van der Waals surface area contributed by atoms with Gasteiger partial charge in [0.05, 0.1) is 4.21 Å². The number of hydrogen-bond acceptors (Lipinski definition) is 4. The van der Waals surface area contributed by atoms with E-state index in [-0.39, 0.29) is 0 Å². The summed E-state index contributed by atoms with van der Waals surface area (Å²) in [4.78, 5) is 3.51. The van der Waals surface area contributed by atoms with Gasteiger partial charge < -0.3 is 4.90 Å². The molecule has 4 heteroatoms. The minimum Gasteiger partial charge on any atom is -0.304 e. The van der Waals surface area contributed by atoms with E-state index in [1.807, 2.05) is 0 Å². The molecule has 62 valence electrons. The molecule has 0 amide bonds. The van der Waals surface area contributed by atoms with Crippen LogP contribution in [-0.4, -0.2) is 19.0 Å². The van der Waals surface area contributed by atoms with Crippen molar-refractivity contribution in [2.24, 2.45) is 5.14 Å². The van der Waals surface area contributed by atoms with E-state index in [1.54, 1.807) is 11.3 Å². The van der Waals surface area contributed by atoms with Gasteiger partial charge in [-0.1, -0.05) is 0 Å². The van der Waals surface area contributed by atoms with Gasteiger partial charge in [-0.2, -0.15) is 0 Å². The molecular weight excluding hydrogens is 176 g/mol. The molecular formula is C7H12N2S2. The maximum atomic E-state index is 5.41. The summed E-state index contributed by atoms with van der Waals surface area (Å²) in [6, 6.07) is 4.19. The van der Waals surface area contributed by atoms with E-state index in [9.17, 15) is 0 Å². The van der Waals surface area contributed by atoms with Crippen LogP contribution in [0.25, 0.3) is 0 Å². The monoisotopic (exact) mass is 188 g/mol. The van der Waals surface area contributed by atoms with Crippen LogP contribution in [0.15, 0.2) is 16.3 Å². The van der Waals surface area contributed by atoms with Gasteiger partial charge in [-0.05, 0) is 38.2 Å². The molecule has 0 saturated carbocycles. The molecule has 0 aliphatic rings. The topological polar surface area (TPSA) is 29.3 Å². The summed E-state index contributed by atoms with van der Waals surface area (Å²) < 4.78 is 1.18. The van der Waals surface area contributed by atoms with Crippen LogP contribution < -0.4 is 5.14 Å². The number of hydrogen-bond donors (Lipinski definition) is 1. The third-order valence-corrected chi connectivity index (χ3v) is 3.00. The normalized spacial score (nSPS) is 10.9. The Kier molecular flexibility index (Phi) is 3.39. The van der Waals surface area contributed by atoms with Crippen LogP contribution in [0.4, 0.5) is 0 Å². The SMILES string of the molecule is CN(C)Cc1ccc(SN)s1. The van der Waals surface area contributed by atoms with E-state index < -0.39 is 0 Å². The summed E-state index contributed by atoms with van der Waals surface area (Å²) in [5.41, 5.74) is 0. The van der Waals surface area contributed by atoms with Gasteiger partial charge in [-0.15, -0.1) is 11.3 Å². The Balaban J connectivity index is 2.58. The Hall–Kier alpha value is -0.0300. The Bertz CT molecular complexity index is 220. The molecule has 2 N–H and O–H groups in total. The van der Waals surface area contributed by atoms with Crippen LogP contribution in [0.1, 0.15) is 4.88 Å². The van der Waals surface area contributed by atoms with Gasteiger partial charge in [0.1, 0.15) is 0 Å². The quantitative estimate of drug-likeness (QED) is 0.733. The molecule has 0 spiro atoms. The molecule has 0 aromatic carbocycles. The van der Waals surface area contributed by atoms with E-state index in [2.05, 4.69) is 31.1 Å². The predicted octanol–water partition coefficient (Wildman–Crippen LogP) is 1.78. The molecule has 0 atom stereocenters. The van der Waals surface area contributed by atoms with Crippen LogP contribution in [0.2, 0.25) is 0 Å². The molecule has 0 bridgehead atoms. The van der Waals surface area contributed by atoms with Crippen molar-refractivity contribution in [3.8, 4) is 0 Å². The standard InChI is InChI=1S/C7H12N2S2/c1-9(2)5-6-3-4-7(10-6)11-8/h3-4H,5,8H2,1-2H3. The molecule has 0 aliphatic carbocycles. The average molecular weight is 188 g/mol. The van der Waals surface area contributed by atoms with Crippen molar-refractivity contribution < 1.29 is 0 Å². The Labute approximate surface area is 75.5 Å². The molecule has 2 nitrogen and oxygen atoms in total. The number of thiophene rings is 1. The lowest BCUT2D eigenvalue weighted by molar-refractivity contribution is 0.406. The smallest absolute Gasteiger partial charge is 0.0752 e. The Morgan fingerprint density at radius 3 is 2.73 bits per heavy atom. The highest BCUT2D eigenvalue weighted by Gasteiger charge is 1.99. The van der Waals surface area contributed by atoms with E-state index in [0.717, 1.165) is 6.54 Å². The van der Waals surface area contributed by atoms with E-state index in [1.165, 1.54) is 21.0 Å². The zero-order valence-electron chi connectivity index (χ0n) is 6.70. The first-order valence-corrected chi connectivity index (χ1v) is 5.02. The predicted molar refractivity (Wildman–Crippen MR) is 51.8 cm³/mol. The fourth-order valence-corrected chi connectivity index (χ4v) is 2.33. The van der Waals surface area contributed by atoms with Crippen molar-refractivity contribution in [3.63, 3.8) is 0 Å². The molecule has 0 fully saturated rings. The van der Waals surface area contributed by atoms with Gasteiger partial charge >= 0.3 is 0 Å². The van der Waals surface area contributed by atoms with Crippen molar-refractivity contribution in [2.45, 2.75) is 10.8 Å². The van der Waals surface area contributed by atoms with Crippen LogP contribution in [0.5, 0.6) is 0 Å². The lowest BCUT2D eigenvalue weighted by atomic mass is 10.4. The second-order valence-electron chi connectivity index (χ2n) is 2.58. The van der Waals surface area contributed by atoms with Crippen LogP contribution in [0, 0.1) is 0 Å². The largest absolute Gasteiger partial charge is 0.304 e. The zero-order valence-corrected chi connectivity index (χ0v) is 8.34. The molecule has 11 heavy (non-hydrogen) atoms. The minimum absolute atomic E-state index is 1.01. The summed E-state index contributed by atoms with van der Waals surface area (Å²) in [5, 5.41) is 5.41. The summed E-state index contributed by atoms with van der Waals surface area (Å²) >= 11 is 3.07. The fraction of sp³-hybridized carbons (Fsp3) is 0.429. The van der Waals surface area contributed by atoms with Gasteiger partial charge in [0.15, 0.2) is 0 Å². The van der Waals surface area contributed by atoms with Gasteiger partial charge in [-0.3, -0.25) is 5.14 Å². The van der Waals surface area contributed by atoms with Crippen molar-refractivity contribution in [3.05, 3.63) is 17.0 Å². The van der Waals surface area contributed by atoms with Crippen molar-refractivity contribution in [1.82, 2.24) is 4.90 Å². The summed E-state index contributed by atoms with van der Waals surface area (Å²) in [5.74, 6) is 0. The number of nitrogens with two attached hydrogens (primary N) is 1. The minimum atomic E-state index is 1.01. The molecule has 0 saturated heterocycles. The van der Waals surface area contributed by atoms with E-state index >= 15 is 0 Å². The van der Waals surface area contributed by atoms with Gasteiger partial charge in [0.2, 0.25) is 0 Å². The second kappa shape index (κ2) is 4.11. The zero-order chi connectivity index (χ0) is 8.27. The Morgan fingerprint density at radius 1 is 1.55 bits per heavy atom. The molecule has 0 aliphatic heterocycles. The van der Waals surface area contributed by atoms with Crippen molar-refractivity contribution in [2.75, 3.05) is 14.1 Å². The van der Waals surface area contributed by atoms with Crippen LogP contribution in [-0.2, 0) is 6.54 Å². The molecule has 1 rings (SSSR count). The van der Waals surface area contributed by atoms with Gasteiger partial charge in [0, 0.05) is 11.4 Å². The van der Waals surface area contributed by atoms with Crippen LogP contribution in [0.3, 0.4) is 0 Å². The highest BCUT2D eigenvalue weighted by molar-refractivity contribution is 7.99. The fourth-order valence-electron chi connectivity index (χ4n) is 0.818. The van der Waals surface area contributed by atoms with Gasteiger partial charge in [0.25, 0.3) is 0 Å². The first kappa shape index (κ1) is 9.06. The molecule has 1 heterocycles. The summed E-state index contributed by atoms with van der Waals surface area (Å²) in [6.45, 7) is 1.01. The highest BCUT2D eigenvalue weighted by Crippen LogP contribution is 2.23. The lowest BCUT2D eigenvalue weighted by Gasteiger charge is -2.05. The molecule has 1 aromatic rings. The maximum absolute atomic E-state index is 5.41. The van der Waals surface area contributed by atoms with Crippen molar-refractivity contribution >= 4 is 23.3 Å². The lowest BCUT2D eigenvalue weighted by Crippen LogP contribution is -2.09. The maximum Gasteiger partial charge on any atom is 0.0752 e. The van der Waals surface area contributed by atoms with Gasteiger partial charge in [-0.25, -0.2) is 0 Å². The first-order chi connectivity index (χ1) is 5.22. The molecule has 0 radical (unpaired) electrons.